The molecule has 0 bridgehead atoms. The fourth-order valence-electron chi connectivity index (χ4n) is 1.22. The van der Waals surface area contributed by atoms with Crippen LogP contribution in [-0.2, 0) is 16.6 Å². The Morgan fingerprint density at radius 1 is 1.38 bits per heavy atom. The predicted molar refractivity (Wildman–Crippen MR) is 62.6 cm³/mol. The molecule has 0 spiro atoms. The summed E-state index contributed by atoms with van der Waals surface area (Å²) in [7, 11) is -3.22. The molecule has 1 aromatic heterocycles. The van der Waals surface area contributed by atoms with Gasteiger partial charge in [-0.25, -0.2) is 13.1 Å². The van der Waals surface area contributed by atoms with Crippen molar-refractivity contribution in [2.75, 3.05) is 18.8 Å². The lowest BCUT2D eigenvalue weighted by Crippen LogP contribution is -2.31. The number of hydrogen-bond donors (Lipinski definition) is 2. The first kappa shape index (κ1) is 13.2. The van der Waals surface area contributed by atoms with Gasteiger partial charge in [-0.2, -0.15) is 0 Å². The zero-order valence-corrected chi connectivity index (χ0v) is 10.4. The first-order valence-corrected chi connectivity index (χ1v) is 6.92. The maximum atomic E-state index is 11.5. The summed E-state index contributed by atoms with van der Waals surface area (Å²) in [5, 5.41) is 2.96. The summed E-state index contributed by atoms with van der Waals surface area (Å²) in [6.07, 6.45) is 0. The highest BCUT2D eigenvalue weighted by Crippen LogP contribution is 2.05. The second-order valence-corrected chi connectivity index (χ2v) is 5.43. The molecule has 0 unspecified atom stereocenters. The maximum Gasteiger partial charge on any atom is 0.213 e. The zero-order valence-electron chi connectivity index (χ0n) is 9.62. The van der Waals surface area contributed by atoms with E-state index < -0.39 is 10.0 Å². The molecule has 0 aliphatic rings. The molecular formula is C10H18N2O3S. The Hall–Kier alpha value is -0.850. The molecule has 0 fully saturated rings. The Balaban J connectivity index is 2.36. The van der Waals surface area contributed by atoms with Crippen LogP contribution in [0.4, 0.5) is 0 Å². The SMILES string of the molecule is CCNCCS(=O)(=O)NCc1ccc(C)o1. The van der Waals surface area contributed by atoms with Crippen LogP contribution in [0.5, 0.6) is 0 Å². The average molecular weight is 246 g/mol. The molecule has 0 saturated heterocycles. The molecule has 1 rings (SSSR count). The van der Waals surface area contributed by atoms with Crippen LogP contribution in [-0.4, -0.2) is 27.3 Å². The molecule has 0 aromatic carbocycles. The van der Waals surface area contributed by atoms with Gasteiger partial charge in [-0.15, -0.1) is 0 Å². The smallest absolute Gasteiger partial charge is 0.213 e. The van der Waals surface area contributed by atoms with Gasteiger partial charge in [0.1, 0.15) is 11.5 Å². The quantitative estimate of drug-likeness (QED) is 0.692. The van der Waals surface area contributed by atoms with Gasteiger partial charge in [0, 0.05) is 6.54 Å². The van der Waals surface area contributed by atoms with Crippen molar-refractivity contribution in [2.45, 2.75) is 20.4 Å². The lowest BCUT2D eigenvalue weighted by Gasteiger charge is -2.05. The Morgan fingerprint density at radius 3 is 2.69 bits per heavy atom. The summed E-state index contributed by atoms with van der Waals surface area (Å²) in [4.78, 5) is 0. The van der Waals surface area contributed by atoms with E-state index in [1.807, 2.05) is 19.9 Å². The second kappa shape index (κ2) is 6.03. The van der Waals surface area contributed by atoms with Crippen LogP contribution in [0.1, 0.15) is 18.4 Å². The Bertz CT molecular complexity index is 411. The van der Waals surface area contributed by atoms with Crippen molar-refractivity contribution in [1.82, 2.24) is 10.0 Å². The van der Waals surface area contributed by atoms with Crippen LogP contribution in [0.2, 0.25) is 0 Å². The van der Waals surface area contributed by atoms with Gasteiger partial charge in [-0.3, -0.25) is 0 Å². The third-order valence-corrected chi connectivity index (χ3v) is 3.39. The van der Waals surface area contributed by atoms with Crippen LogP contribution < -0.4 is 10.0 Å². The molecule has 0 radical (unpaired) electrons. The summed E-state index contributed by atoms with van der Waals surface area (Å²) in [6, 6.07) is 3.57. The molecule has 0 amide bonds. The van der Waals surface area contributed by atoms with Gasteiger partial charge in [-0.05, 0) is 25.6 Å². The predicted octanol–water partition coefficient (Wildman–Crippen LogP) is 0.617. The fourth-order valence-corrected chi connectivity index (χ4v) is 2.14. The standard InChI is InChI=1S/C10H18N2O3S/c1-3-11-6-7-16(13,14)12-8-10-5-4-9(2)15-10/h4-5,11-12H,3,6-8H2,1-2H3. The lowest BCUT2D eigenvalue weighted by atomic mass is 10.4. The first-order chi connectivity index (χ1) is 7.53. The van der Waals surface area contributed by atoms with Gasteiger partial charge in [0.15, 0.2) is 0 Å². The van der Waals surface area contributed by atoms with E-state index in [9.17, 15) is 8.42 Å². The van der Waals surface area contributed by atoms with E-state index in [0.717, 1.165) is 12.3 Å². The molecule has 6 heteroatoms. The van der Waals surface area contributed by atoms with Crippen molar-refractivity contribution in [3.8, 4) is 0 Å². The van der Waals surface area contributed by atoms with Crippen molar-refractivity contribution in [2.24, 2.45) is 0 Å². The molecule has 16 heavy (non-hydrogen) atoms. The van der Waals surface area contributed by atoms with Gasteiger partial charge in [0.2, 0.25) is 10.0 Å². The molecule has 2 N–H and O–H groups in total. The molecule has 0 saturated carbocycles. The van der Waals surface area contributed by atoms with E-state index in [1.165, 1.54) is 0 Å². The number of furan rings is 1. The Labute approximate surface area is 96.3 Å². The van der Waals surface area contributed by atoms with E-state index in [1.54, 1.807) is 6.07 Å². The summed E-state index contributed by atoms with van der Waals surface area (Å²) >= 11 is 0. The van der Waals surface area contributed by atoms with Crippen LogP contribution in [0.25, 0.3) is 0 Å². The average Bonchev–Trinajstić information content (AvgIpc) is 2.62. The van der Waals surface area contributed by atoms with Gasteiger partial charge >= 0.3 is 0 Å². The van der Waals surface area contributed by atoms with Gasteiger partial charge in [-0.1, -0.05) is 6.92 Å². The first-order valence-electron chi connectivity index (χ1n) is 5.27. The summed E-state index contributed by atoms with van der Waals surface area (Å²) in [5.74, 6) is 1.49. The summed E-state index contributed by atoms with van der Waals surface area (Å²) in [5.41, 5.74) is 0. The minimum absolute atomic E-state index is 0.0839. The van der Waals surface area contributed by atoms with Crippen molar-refractivity contribution in [1.29, 1.82) is 0 Å². The topological polar surface area (TPSA) is 71.3 Å². The number of nitrogens with one attached hydrogen (secondary N) is 2. The molecule has 0 aliphatic carbocycles. The van der Waals surface area contributed by atoms with Gasteiger partial charge < -0.3 is 9.73 Å². The van der Waals surface area contributed by atoms with E-state index in [4.69, 9.17) is 4.42 Å². The van der Waals surface area contributed by atoms with Gasteiger partial charge in [0.05, 0.1) is 12.3 Å². The highest BCUT2D eigenvalue weighted by molar-refractivity contribution is 7.89. The summed E-state index contributed by atoms with van der Waals surface area (Å²) < 4.78 is 30.7. The number of hydrogen-bond acceptors (Lipinski definition) is 4. The highest BCUT2D eigenvalue weighted by atomic mass is 32.2. The Morgan fingerprint density at radius 2 is 2.12 bits per heavy atom. The number of rotatable bonds is 7. The van der Waals surface area contributed by atoms with Crippen LogP contribution in [0, 0.1) is 6.92 Å². The minimum Gasteiger partial charge on any atom is -0.465 e. The van der Waals surface area contributed by atoms with E-state index in [0.29, 0.717) is 12.3 Å². The zero-order chi connectivity index (χ0) is 12.0. The van der Waals surface area contributed by atoms with Crippen molar-refractivity contribution < 1.29 is 12.8 Å². The molecular weight excluding hydrogens is 228 g/mol. The van der Waals surface area contributed by atoms with Crippen LogP contribution >= 0.6 is 0 Å². The lowest BCUT2D eigenvalue weighted by molar-refractivity contribution is 0.475. The van der Waals surface area contributed by atoms with Crippen molar-refractivity contribution in [3.63, 3.8) is 0 Å². The number of aryl methyl sites for hydroxylation is 1. The van der Waals surface area contributed by atoms with E-state index >= 15 is 0 Å². The molecule has 0 atom stereocenters. The van der Waals surface area contributed by atoms with E-state index in [2.05, 4.69) is 10.0 Å². The third kappa shape index (κ3) is 4.78. The van der Waals surface area contributed by atoms with Crippen molar-refractivity contribution >= 4 is 10.0 Å². The minimum atomic E-state index is -3.22. The highest BCUT2D eigenvalue weighted by Gasteiger charge is 2.10. The largest absolute Gasteiger partial charge is 0.465 e. The second-order valence-electron chi connectivity index (χ2n) is 3.51. The van der Waals surface area contributed by atoms with Crippen LogP contribution in [0.3, 0.4) is 0 Å². The molecule has 1 heterocycles. The molecule has 0 aliphatic heterocycles. The fraction of sp³-hybridized carbons (Fsp3) is 0.600. The molecule has 1 aromatic rings. The molecule has 5 nitrogen and oxygen atoms in total. The Kier molecular flexibility index (Phi) is 4.98. The normalized spacial score (nSPS) is 11.9. The van der Waals surface area contributed by atoms with Crippen LogP contribution in [0.15, 0.2) is 16.5 Å². The molecule has 92 valence electrons. The monoisotopic (exact) mass is 246 g/mol. The van der Waals surface area contributed by atoms with E-state index in [-0.39, 0.29) is 12.3 Å². The maximum absolute atomic E-state index is 11.5. The van der Waals surface area contributed by atoms with Gasteiger partial charge in [0.25, 0.3) is 0 Å². The number of sulfonamides is 1. The summed E-state index contributed by atoms with van der Waals surface area (Å²) in [6.45, 7) is 5.20. The van der Waals surface area contributed by atoms with Crippen molar-refractivity contribution in [3.05, 3.63) is 23.7 Å². The third-order valence-electron chi connectivity index (χ3n) is 2.06.